The highest BCUT2D eigenvalue weighted by Gasteiger charge is 2.12. The third-order valence-corrected chi connectivity index (χ3v) is 3.97. The van der Waals surface area contributed by atoms with Gasteiger partial charge in [0.1, 0.15) is 5.82 Å². The molecule has 0 N–H and O–H groups in total. The Balaban J connectivity index is 1.74. The summed E-state index contributed by atoms with van der Waals surface area (Å²) in [5.74, 6) is -0.270. The van der Waals surface area contributed by atoms with Crippen LogP contribution in [-0.4, -0.2) is 0 Å². The fraction of sp³-hybridized carbons (Fsp3) is 0.105. The van der Waals surface area contributed by atoms with Gasteiger partial charge in [0.05, 0.1) is 10.6 Å². The van der Waals surface area contributed by atoms with Gasteiger partial charge < -0.3 is 0 Å². The average Bonchev–Trinajstić information content (AvgIpc) is 2.54. The summed E-state index contributed by atoms with van der Waals surface area (Å²) in [4.78, 5) is 0. The third kappa shape index (κ3) is 3.52. The van der Waals surface area contributed by atoms with Gasteiger partial charge >= 0.3 is 0 Å². The van der Waals surface area contributed by atoms with Crippen LogP contribution in [-0.2, 0) is 13.0 Å². The molecule has 1 heterocycles. The van der Waals surface area contributed by atoms with Crippen LogP contribution < -0.4 is 4.57 Å². The van der Waals surface area contributed by atoms with Crippen molar-refractivity contribution in [3.8, 4) is 0 Å². The fourth-order valence-electron chi connectivity index (χ4n) is 2.41. The van der Waals surface area contributed by atoms with Gasteiger partial charge in [-0.05, 0) is 29.7 Å². The molecule has 0 spiro atoms. The van der Waals surface area contributed by atoms with E-state index < -0.39 is 0 Å². The number of benzene rings is 2. The largest absolute Gasteiger partial charge is 0.206 e. The highest BCUT2D eigenvalue weighted by Crippen LogP contribution is 2.18. The van der Waals surface area contributed by atoms with Crippen molar-refractivity contribution >= 4 is 11.6 Å². The summed E-state index contributed by atoms with van der Waals surface area (Å²) >= 11 is 6.06. The van der Waals surface area contributed by atoms with Crippen LogP contribution >= 0.6 is 11.6 Å². The first-order valence-electron chi connectivity index (χ1n) is 7.17. The topological polar surface area (TPSA) is 3.88 Å². The van der Waals surface area contributed by atoms with E-state index in [2.05, 4.69) is 24.3 Å². The minimum absolute atomic E-state index is 0.270. The van der Waals surface area contributed by atoms with Gasteiger partial charge in [-0.2, -0.15) is 0 Å². The van der Waals surface area contributed by atoms with Gasteiger partial charge in [0, 0.05) is 12.1 Å². The Labute approximate surface area is 134 Å². The van der Waals surface area contributed by atoms with Crippen LogP contribution in [0.2, 0.25) is 5.02 Å². The molecule has 0 atom stereocenters. The van der Waals surface area contributed by atoms with Crippen molar-refractivity contribution in [3.63, 3.8) is 0 Å². The minimum Gasteiger partial charge on any atom is -0.206 e. The molecule has 0 aliphatic carbocycles. The van der Waals surface area contributed by atoms with Crippen molar-refractivity contribution in [1.82, 2.24) is 0 Å². The lowest BCUT2D eigenvalue weighted by atomic mass is 10.1. The van der Waals surface area contributed by atoms with Crippen molar-refractivity contribution in [3.05, 3.63) is 101 Å². The fourth-order valence-corrected chi connectivity index (χ4v) is 2.63. The first kappa shape index (κ1) is 14.7. The molecule has 3 heteroatoms. The smallest absolute Gasteiger partial charge is 0.178 e. The number of rotatable bonds is 4. The number of nitrogens with zero attached hydrogens (tertiary/aromatic N) is 1. The monoisotopic (exact) mass is 312 g/mol. The maximum absolute atomic E-state index is 13.8. The zero-order valence-electron chi connectivity index (χ0n) is 12.0. The molecule has 0 amide bonds. The molecule has 0 unspecified atom stereocenters. The van der Waals surface area contributed by atoms with Crippen molar-refractivity contribution in [2.45, 2.75) is 13.0 Å². The second-order valence-corrected chi connectivity index (χ2v) is 5.65. The summed E-state index contributed by atoms with van der Waals surface area (Å²) in [6.07, 6.45) is 4.81. The molecule has 1 nitrogen and oxygen atoms in total. The van der Waals surface area contributed by atoms with Crippen molar-refractivity contribution < 1.29 is 8.96 Å². The molecule has 3 aromatic rings. The molecule has 110 valence electrons. The van der Waals surface area contributed by atoms with E-state index in [0.29, 0.717) is 17.1 Å². The van der Waals surface area contributed by atoms with E-state index in [1.807, 2.05) is 35.2 Å². The highest BCUT2D eigenvalue weighted by molar-refractivity contribution is 6.31. The summed E-state index contributed by atoms with van der Waals surface area (Å²) < 4.78 is 15.7. The SMILES string of the molecule is Fc1cccc(Cl)c1C[n+]1ccc(Cc2ccccc2)cc1. The number of aromatic nitrogens is 1. The number of pyridine rings is 1. The minimum atomic E-state index is -0.270. The van der Waals surface area contributed by atoms with Crippen LogP contribution in [0.15, 0.2) is 73.1 Å². The molecular weight excluding hydrogens is 297 g/mol. The maximum atomic E-state index is 13.8. The molecule has 0 aliphatic rings. The lowest BCUT2D eigenvalue weighted by Gasteiger charge is -2.04. The predicted octanol–water partition coefficient (Wildman–Crippen LogP) is 4.41. The van der Waals surface area contributed by atoms with E-state index in [1.54, 1.807) is 12.1 Å². The van der Waals surface area contributed by atoms with Crippen LogP contribution in [0.1, 0.15) is 16.7 Å². The van der Waals surface area contributed by atoms with Gasteiger partial charge in [-0.25, -0.2) is 8.96 Å². The second-order valence-electron chi connectivity index (χ2n) is 5.24. The average molecular weight is 313 g/mol. The first-order valence-corrected chi connectivity index (χ1v) is 7.55. The molecule has 0 saturated heterocycles. The van der Waals surface area contributed by atoms with Crippen molar-refractivity contribution in [2.75, 3.05) is 0 Å². The lowest BCUT2D eigenvalue weighted by molar-refractivity contribution is -0.688. The van der Waals surface area contributed by atoms with E-state index in [0.717, 1.165) is 6.42 Å². The Morgan fingerprint density at radius 1 is 0.818 bits per heavy atom. The molecule has 2 aromatic carbocycles. The normalized spacial score (nSPS) is 10.6. The van der Waals surface area contributed by atoms with Crippen LogP contribution in [0.5, 0.6) is 0 Å². The van der Waals surface area contributed by atoms with Crippen molar-refractivity contribution in [2.24, 2.45) is 0 Å². The standard InChI is InChI=1S/C19H16ClFN/c20-18-7-4-8-19(21)17(18)14-22-11-9-16(10-12-22)13-15-5-2-1-3-6-15/h1-12H,13-14H2/q+1. The Morgan fingerprint density at radius 2 is 1.50 bits per heavy atom. The summed E-state index contributed by atoms with van der Waals surface area (Å²) in [6, 6.07) is 19.2. The van der Waals surface area contributed by atoms with E-state index in [-0.39, 0.29) is 5.82 Å². The molecule has 0 bridgehead atoms. The first-order chi connectivity index (χ1) is 10.7. The van der Waals surface area contributed by atoms with Gasteiger partial charge in [-0.1, -0.05) is 48.0 Å². The molecule has 1 aromatic heterocycles. The highest BCUT2D eigenvalue weighted by atomic mass is 35.5. The molecular formula is C19H16ClFN+. The van der Waals surface area contributed by atoms with E-state index in [4.69, 9.17) is 11.6 Å². The van der Waals surface area contributed by atoms with Gasteiger partial charge in [-0.3, -0.25) is 0 Å². The lowest BCUT2D eigenvalue weighted by Crippen LogP contribution is -2.33. The Bertz CT molecular complexity index is 734. The van der Waals surface area contributed by atoms with Crippen molar-refractivity contribution in [1.29, 1.82) is 0 Å². The summed E-state index contributed by atoms with van der Waals surface area (Å²) in [6.45, 7) is 0.428. The van der Waals surface area contributed by atoms with Crippen LogP contribution in [0, 0.1) is 5.82 Å². The summed E-state index contributed by atoms with van der Waals surface area (Å²) in [7, 11) is 0. The van der Waals surface area contributed by atoms with E-state index in [9.17, 15) is 4.39 Å². The zero-order chi connectivity index (χ0) is 15.4. The number of hydrogen-bond donors (Lipinski definition) is 0. The van der Waals surface area contributed by atoms with Crippen LogP contribution in [0.3, 0.4) is 0 Å². The molecule has 0 fully saturated rings. The molecule has 0 saturated carbocycles. The Kier molecular flexibility index (Phi) is 4.50. The quantitative estimate of drug-likeness (QED) is 0.628. The van der Waals surface area contributed by atoms with E-state index in [1.165, 1.54) is 17.2 Å². The van der Waals surface area contributed by atoms with Gasteiger partial charge in [0.25, 0.3) is 0 Å². The van der Waals surface area contributed by atoms with Crippen LogP contribution in [0.4, 0.5) is 4.39 Å². The van der Waals surface area contributed by atoms with Gasteiger partial charge in [-0.15, -0.1) is 0 Å². The second kappa shape index (κ2) is 6.71. The number of hydrogen-bond acceptors (Lipinski definition) is 0. The maximum Gasteiger partial charge on any atom is 0.178 e. The van der Waals surface area contributed by atoms with Crippen LogP contribution in [0.25, 0.3) is 0 Å². The zero-order valence-corrected chi connectivity index (χ0v) is 12.8. The molecule has 0 radical (unpaired) electrons. The predicted molar refractivity (Wildman–Crippen MR) is 86.4 cm³/mol. The van der Waals surface area contributed by atoms with Gasteiger partial charge in [0.2, 0.25) is 0 Å². The molecule has 0 aliphatic heterocycles. The summed E-state index contributed by atoms with van der Waals surface area (Å²) in [5, 5.41) is 0.459. The molecule has 3 rings (SSSR count). The summed E-state index contributed by atoms with van der Waals surface area (Å²) in [5.41, 5.74) is 3.02. The molecule has 22 heavy (non-hydrogen) atoms. The number of halogens is 2. The Hall–Kier alpha value is -2.19. The van der Waals surface area contributed by atoms with Gasteiger partial charge in [0.15, 0.2) is 18.9 Å². The third-order valence-electron chi connectivity index (χ3n) is 3.61. The van der Waals surface area contributed by atoms with E-state index >= 15 is 0 Å². The Morgan fingerprint density at radius 3 is 2.18 bits per heavy atom.